The van der Waals surface area contributed by atoms with Gasteiger partial charge in [0.2, 0.25) is 0 Å². The number of amides is 1. The van der Waals surface area contributed by atoms with Crippen LogP contribution in [0.4, 0.5) is 5.69 Å². The lowest BCUT2D eigenvalue weighted by atomic mass is 9.90. The molecule has 154 valence electrons. The predicted octanol–water partition coefficient (Wildman–Crippen LogP) is 4.51. The molecule has 0 spiro atoms. The summed E-state index contributed by atoms with van der Waals surface area (Å²) in [6, 6.07) is 22.9. The zero-order valence-electron chi connectivity index (χ0n) is 17.3. The highest BCUT2D eigenvalue weighted by Gasteiger charge is 2.20. The molecule has 2 aromatic carbocycles. The van der Waals surface area contributed by atoms with Gasteiger partial charge >= 0.3 is 0 Å². The Kier molecular flexibility index (Phi) is 6.75. The third-order valence-electron chi connectivity index (χ3n) is 5.87. The Morgan fingerprint density at radius 2 is 1.60 bits per heavy atom. The standard InChI is InChI=1S/C26H29N3O/c30-26(28-14-11-21-7-3-1-4-8-21)24-18-25(20-27-19-24)29-15-12-23(13-16-29)17-22-9-5-2-6-10-22/h1-10,18-20,23H,11-17H2,(H,28,30). The van der Waals surface area contributed by atoms with E-state index in [9.17, 15) is 4.79 Å². The molecule has 2 heterocycles. The number of benzene rings is 2. The van der Waals surface area contributed by atoms with Gasteiger partial charge in [-0.2, -0.15) is 0 Å². The van der Waals surface area contributed by atoms with Crippen molar-refractivity contribution in [1.82, 2.24) is 10.3 Å². The van der Waals surface area contributed by atoms with Gasteiger partial charge in [-0.25, -0.2) is 0 Å². The minimum Gasteiger partial charge on any atom is -0.370 e. The number of nitrogens with zero attached hydrogens (tertiary/aromatic N) is 2. The van der Waals surface area contributed by atoms with Crippen LogP contribution in [0.15, 0.2) is 79.1 Å². The summed E-state index contributed by atoms with van der Waals surface area (Å²) in [6.45, 7) is 2.65. The Morgan fingerprint density at radius 1 is 0.933 bits per heavy atom. The van der Waals surface area contributed by atoms with Crippen LogP contribution in [0.5, 0.6) is 0 Å². The van der Waals surface area contributed by atoms with Crippen molar-refractivity contribution < 1.29 is 4.79 Å². The number of hydrogen-bond donors (Lipinski definition) is 1. The minimum atomic E-state index is -0.0563. The molecule has 1 aliphatic rings. The van der Waals surface area contributed by atoms with E-state index in [2.05, 4.69) is 57.7 Å². The number of carbonyl (C=O) groups is 1. The van der Waals surface area contributed by atoms with Crippen molar-refractivity contribution in [3.63, 3.8) is 0 Å². The normalized spacial score (nSPS) is 14.5. The second-order valence-corrected chi connectivity index (χ2v) is 8.04. The van der Waals surface area contributed by atoms with E-state index < -0.39 is 0 Å². The number of carbonyl (C=O) groups excluding carboxylic acids is 1. The van der Waals surface area contributed by atoms with Crippen LogP contribution >= 0.6 is 0 Å². The zero-order chi connectivity index (χ0) is 20.6. The van der Waals surface area contributed by atoms with E-state index in [1.165, 1.54) is 24.0 Å². The van der Waals surface area contributed by atoms with Gasteiger partial charge in [-0.3, -0.25) is 9.78 Å². The summed E-state index contributed by atoms with van der Waals surface area (Å²) >= 11 is 0. The summed E-state index contributed by atoms with van der Waals surface area (Å²) in [7, 11) is 0. The van der Waals surface area contributed by atoms with Gasteiger partial charge in [0.05, 0.1) is 17.4 Å². The molecule has 1 fully saturated rings. The highest BCUT2D eigenvalue weighted by Crippen LogP contribution is 2.25. The molecule has 30 heavy (non-hydrogen) atoms. The Bertz CT molecular complexity index is 935. The fourth-order valence-corrected chi connectivity index (χ4v) is 4.13. The van der Waals surface area contributed by atoms with Crippen LogP contribution in [0.3, 0.4) is 0 Å². The van der Waals surface area contributed by atoms with Crippen molar-refractivity contribution in [3.8, 4) is 0 Å². The molecule has 1 N–H and O–H groups in total. The molecule has 0 saturated carbocycles. The number of pyridine rings is 1. The number of nitrogens with one attached hydrogen (secondary N) is 1. The van der Waals surface area contributed by atoms with E-state index in [-0.39, 0.29) is 5.91 Å². The highest BCUT2D eigenvalue weighted by molar-refractivity contribution is 5.94. The van der Waals surface area contributed by atoms with E-state index in [4.69, 9.17) is 0 Å². The first kappa shape index (κ1) is 20.1. The predicted molar refractivity (Wildman–Crippen MR) is 122 cm³/mol. The van der Waals surface area contributed by atoms with Gasteiger partial charge in [-0.1, -0.05) is 60.7 Å². The third kappa shape index (κ3) is 5.47. The van der Waals surface area contributed by atoms with E-state index in [0.29, 0.717) is 12.1 Å². The van der Waals surface area contributed by atoms with E-state index >= 15 is 0 Å². The molecular formula is C26H29N3O. The van der Waals surface area contributed by atoms with Crippen molar-refractivity contribution in [2.24, 2.45) is 5.92 Å². The molecule has 1 saturated heterocycles. The summed E-state index contributed by atoms with van der Waals surface area (Å²) in [5.74, 6) is 0.667. The maximum absolute atomic E-state index is 12.6. The Labute approximate surface area is 179 Å². The second kappa shape index (κ2) is 10.1. The van der Waals surface area contributed by atoms with Crippen LogP contribution in [0.1, 0.15) is 34.3 Å². The number of anilines is 1. The summed E-state index contributed by atoms with van der Waals surface area (Å²) in [5, 5.41) is 3.01. The highest BCUT2D eigenvalue weighted by atomic mass is 16.1. The Morgan fingerprint density at radius 3 is 2.30 bits per heavy atom. The summed E-state index contributed by atoms with van der Waals surface area (Å²) in [5.41, 5.74) is 4.32. The molecule has 4 rings (SSSR count). The lowest BCUT2D eigenvalue weighted by molar-refractivity contribution is 0.0954. The van der Waals surface area contributed by atoms with E-state index in [1.54, 1.807) is 6.20 Å². The molecular weight excluding hydrogens is 370 g/mol. The van der Waals surface area contributed by atoms with Crippen molar-refractivity contribution in [3.05, 3.63) is 95.8 Å². The van der Waals surface area contributed by atoms with Crippen LogP contribution in [-0.2, 0) is 12.8 Å². The van der Waals surface area contributed by atoms with Crippen LogP contribution in [0.2, 0.25) is 0 Å². The molecule has 0 unspecified atom stereocenters. The van der Waals surface area contributed by atoms with Gasteiger partial charge in [0, 0.05) is 25.8 Å². The Hall–Kier alpha value is -3.14. The number of hydrogen-bond acceptors (Lipinski definition) is 3. The first-order valence-electron chi connectivity index (χ1n) is 10.8. The van der Waals surface area contributed by atoms with Crippen molar-refractivity contribution >= 4 is 11.6 Å². The van der Waals surface area contributed by atoms with Gasteiger partial charge in [0.1, 0.15) is 0 Å². The topological polar surface area (TPSA) is 45.2 Å². The van der Waals surface area contributed by atoms with Crippen molar-refractivity contribution in [2.45, 2.75) is 25.7 Å². The van der Waals surface area contributed by atoms with E-state index in [1.807, 2.05) is 30.5 Å². The summed E-state index contributed by atoms with van der Waals surface area (Å²) in [6.07, 6.45) is 7.85. The lowest BCUT2D eigenvalue weighted by Gasteiger charge is -2.33. The van der Waals surface area contributed by atoms with Gasteiger partial charge in [-0.05, 0) is 48.8 Å². The van der Waals surface area contributed by atoms with Crippen molar-refractivity contribution in [1.29, 1.82) is 0 Å². The SMILES string of the molecule is O=C(NCCc1ccccc1)c1cncc(N2CCC(Cc3ccccc3)CC2)c1. The molecule has 4 nitrogen and oxygen atoms in total. The molecule has 0 bridgehead atoms. The molecule has 4 heteroatoms. The van der Waals surface area contributed by atoms with Crippen LogP contribution in [-0.4, -0.2) is 30.5 Å². The molecule has 1 aliphatic heterocycles. The molecule has 0 aliphatic carbocycles. The van der Waals surface area contributed by atoms with Crippen LogP contribution < -0.4 is 10.2 Å². The monoisotopic (exact) mass is 399 g/mol. The molecule has 0 radical (unpaired) electrons. The van der Waals surface area contributed by atoms with Crippen molar-refractivity contribution in [2.75, 3.05) is 24.5 Å². The quantitative estimate of drug-likeness (QED) is 0.636. The van der Waals surface area contributed by atoms with Gasteiger partial charge < -0.3 is 10.2 Å². The zero-order valence-corrected chi connectivity index (χ0v) is 17.3. The number of piperidine rings is 1. The lowest BCUT2D eigenvalue weighted by Crippen LogP contribution is -2.34. The number of aromatic nitrogens is 1. The first-order valence-corrected chi connectivity index (χ1v) is 10.8. The third-order valence-corrected chi connectivity index (χ3v) is 5.87. The summed E-state index contributed by atoms with van der Waals surface area (Å²) in [4.78, 5) is 19.2. The van der Waals surface area contributed by atoms with E-state index in [0.717, 1.165) is 37.5 Å². The smallest absolute Gasteiger partial charge is 0.252 e. The second-order valence-electron chi connectivity index (χ2n) is 8.04. The fraction of sp³-hybridized carbons (Fsp3) is 0.308. The average molecular weight is 400 g/mol. The molecule has 0 atom stereocenters. The van der Waals surface area contributed by atoms with Gasteiger partial charge in [0.15, 0.2) is 0 Å². The van der Waals surface area contributed by atoms with Crippen LogP contribution in [0.25, 0.3) is 0 Å². The molecule has 1 aromatic heterocycles. The average Bonchev–Trinajstić information content (AvgIpc) is 2.81. The molecule has 1 amide bonds. The maximum atomic E-state index is 12.6. The fourth-order valence-electron chi connectivity index (χ4n) is 4.13. The first-order chi connectivity index (χ1) is 14.8. The minimum absolute atomic E-state index is 0.0563. The summed E-state index contributed by atoms with van der Waals surface area (Å²) < 4.78 is 0. The maximum Gasteiger partial charge on any atom is 0.252 e. The van der Waals surface area contributed by atoms with Crippen LogP contribution in [0, 0.1) is 5.92 Å². The molecule has 3 aromatic rings. The largest absolute Gasteiger partial charge is 0.370 e. The Balaban J connectivity index is 1.28. The van der Waals surface area contributed by atoms with Gasteiger partial charge in [0.25, 0.3) is 5.91 Å². The number of rotatable bonds is 7. The van der Waals surface area contributed by atoms with Gasteiger partial charge in [-0.15, -0.1) is 0 Å².